The highest BCUT2D eigenvalue weighted by atomic mass is 15.2. The van der Waals surface area contributed by atoms with Crippen LogP contribution in [-0.4, -0.2) is 16.3 Å². The van der Waals surface area contributed by atoms with Gasteiger partial charge in [-0.05, 0) is 56.0 Å². The Balaban J connectivity index is 1.90. The van der Waals surface area contributed by atoms with Crippen molar-refractivity contribution in [2.24, 2.45) is 7.05 Å². The summed E-state index contributed by atoms with van der Waals surface area (Å²) in [6.07, 6.45) is 5.03. The average Bonchev–Trinajstić information content (AvgIpc) is 2.78. The van der Waals surface area contributed by atoms with Gasteiger partial charge in [-0.2, -0.15) is 5.10 Å². The molecular formula is C16H23N3. The van der Waals surface area contributed by atoms with E-state index in [2.05, 4.69) is 55.6 Å². The number of hydrogen-bond acceptors (Lipinski definition) is 2. The molecule has 19 heavy (non-hydrogen) atoms. The summed E-state index contributed by atoms with van der Waals surface area (Å²) in [5.74, 6) is 0. The molecule has 1 heterocycles. The van der Waals surface area contributed by atoms with Gasteiger partial charge in [0, 0.05) is 19.3 Å². The maximum absolute atomic E-state index is 4.19. The molecule has 1 atom stereocenters. The lowest BCUT2D eigenvalue weighted by molar-refractivity contribution is 0.574. The summed E-state index contributed by atoms with van der Waals surface area (Å²) in [7, 11) is 1.95. The van der Waals surface area contributed by atoms with Crippen molar-refractivity contribution in [3.63, 3.8) is 0 Å². The Morgan fingerprint density at radius 3 is 2.79 bits per heavy atom. The van der Waals surface area contributed by atoms with Crippen LogP contribution in [0.2, 0.25) is 0 Å². The van der Waals surface area contributed by atoms with E-state index in [9.17, 15) is 0 Å². The fraction of sp³-hybridized carbons (Fsp3) is 0.438. The second-order valence-corrected chi connectivity index (χ2v) is 5.24. The second kappa shape index (κ2) is 6.02. The summed E-state index contributed by atoms with van der Waals surface area (Å²) < 4.78 is 1.85. The Morgan fingerprint density at radius 2 is 2.11 bits per heavy atom. The van der Waals surface area contributed by atoms with Crippen LogP contribution in [0.3, 0.4) is 0 Å². The first kappa shape index (κ1) is 13.8. The zero-order chi connectivity index (χ0) is 13.8. The van der Waals surface area contributed by atoms with E-state index >= 15 is 0 Å². The minimum absolute atomic E-state index is 0.386. The Labute approximate surface area is 115 Å². The molecule has 3 heteroatoms. The fourth-order valence-corrected chi connectivity index (χ4v) is 2.39. The molecule has 1 aromatic heterocycles. The molecule has 2 aromatic rings. The van der Waals surface area contributed by atoms with Crippen LogP contribution in [0.4, 0.5) is 0 Å². The van der Waals surface area contributed by atoms with E-state index in [1.807, 2.05) is 17.9 Å². The van der Waals surface area contributed by atoms with Gasteiger partial charge < -0.3 is 5.32 Å². The van der Waals surface area contributed by atoms with E-state index in [1.165, 1.54) is 22.3 Å². The standard InChI is InChI=1S/C16H23N3/c1-12-6-5-7-16(13(12)2)14(3)17-9-8-15-10-18-19(4)11-15/h5-7,10-11,14,17H,8-9H2,1-4H3. The van der Waals surface area contributed by atoms with Gasteiger partial charge in [0.2, 0.25) is 0 Å². The summed E-state index contributed by atoms with van der Waals surface area (Å²) in [6, 6.07) is 6.90. The summed E-state index contributed by atoms with van der Waals surface area (Å²) in [4.78, 5) is 0. The van der Waals surface area contributed by atoms with Gasteiger partial charge >= 0.3 is 0 Å². The number of rotatable bonds is 5. The monoisotopic (exact) mass is 257 g/mol. The van der Waals surface area contributed by atoms with E-state index in [-0.39, 0.29) is 0 Å². The molecule has 0 bridgehead atoms. The third kappa shape index (κ3) is 3.44. The van der Waals surface area contributed by atoms with Gasteiger partial charge in [0.15, 0.2) is 0 Å². The minimum Gasteiger partial charge on any atom is -0.310 e. The maximum atomic E-state index is 4.19. The van der Waals surface area contributed by atoms with Gasteiger partial charge in [-0.25, -0.2) is 0 Å². The number of nitrogens with one attached hydrogen (secondary N) is 1. The van der Waals surface area contributed by atoms with Crippen molar-refractivity contribution in [2.75, 3.05) is 6.54 Å². The third-order valence-electron chi connectivity index (χ3n) is 3.74. The normalized spacial score (nSPS) is 12.6. The fourth-order valence-electron chi connectivity index (χ4n) is 2.39. The molecule has 0 saturated carbocycles. The highest BCUT2D eigenvalue weighted by molar-refractivity contribution is 5.35. The molecule has 0 spiro atoms. The number of hydrogen-bond donors (Lipinski definition) is 1. The lowest BCUT2D eigenvalue weighted by Gasteiger charge is -2.17. The predicted molar refractivity (Wildman–Crippen MR) is 79.2 cm³/mol. The molecule has 2 rings (SSSR count). The first-order valence-corrected chi connectivity index (χ1v) is 6.85. The van der Waals surface area contributed by atoms with E-state index in [1.54, 1.807) is 0 Å². The van der Waals surface area contributed by atoms with Crippen molar-refractivity contribution >= 4 is 0 Å². The highest BCUT2D eigenvalue weighted by Crippen LogP contribution is 2.19. The molecule has 1 N–H and O–H groups in total. The third-order valence-corrected chi connectivity index (χ3v) is 3.74. The molecule has 1 aromatic carbocycles. The Kier molecular flexibility index (Phi) is 4.38. The number of nitrogens with zero attached hydrogens (tertiary/aromatic N) is 2. The van der Waals surface area contributed by atoms with Crippen LogP contribution < -0.4 is 5.32 Å². The van der Waals surface area contributed by atoms with Crippen molar-refractivity contribution in [1.82, 2.24) is 15.1 Å². The summed E-state index contributed by atoms with van der Waals surface area (Å²) in [5, 5.41) is 7.77. The summed E-state index contributed by atoms with van der Waals surface area (Å²) >= 11 is 0. The van der Waals surface area contributed by atoms with Crippen LogP contribution in [0.25, 0.3) is 0 Å². The van der Waals surface area contributed by atoms with Crippen LogP contribution in [-0.2, 0) is 13.5 Å². The van der Waals surface area contributed by atoms with Crippen LogP contribution in [0.1, 0.15) is 35.2 Å². The van der Waals surface area contributed by atoms with Crippen molar-refractivity contribution in [1.29, 1.82) is 0 Å². The van der Waals surface area contributed by atoms with E-state index in [0.29, 0.717) is 6.04 Å². The first-order valence-electron chi connectivity index (χ1n) is 6.85. The van der Waals surface area contributed by atoms with Gasteiger partial charge in [-0.3, -0.25) is 4.68 Å². The topological polar surface area (TPSA) is 29.9 Å². The molecule has 0 aliphatic carbocycles. The van der Waals surface area contributed by atoms with Crippen LogP contribution in [0.5, 0.6) is 0 Å². The Hall–Kier alpha value is -1.61. The zero-order valence-electron chi connectivity index (χ0n) is 12.3. The lowest BCUT2D eigenvalue weighted by Crippen LogP contribution is -2.22. The first-order chi connectivity index (χ1) is 9.08. The zero-order valence-corrected chi connectivity index (χ0v) is 12.3. The largest absolute Gasteiger partial charge is 0.310 e. The Morgan fingerprint density at radius 1 is 1.32 bits per heavy atom. The molecule has 0 saturated heterocycles. The van der Waals surface area contributed by atoms with Gasteiger partial charge in [-0.1, -0.05) is 18.2 Å². The maximum Gasteiger partial charge on any atom is 0.0522 e. The molecule has 0 radical (unpaired) electrons. The van der Waals surface area contributed by atoms with E-state index in [4.69, 9.17) is 0 Å². The molecule has 0 aliphatic rings. The molecule has 102 valence electrons. The lowest BCUT2D eigenvalue weighted by atomic mass is 9.98. The predicted octanol–water partition coefficient (Wildman–Crippen LogP) is 2.93. The van der Waals surface area contributed by atoms with Crippen molar-refractivity contribution < 1.29 is 0 Å². The van der Waals surface area contributed by atoms with Crippen molar-refractivity contribution in [3.05, 3.63) is 52.8 Å². The highest BCUT2D eigenvalue weighted by Gasteiger charge is 2.08. The van der Waals surface area contributed by atoms with Crippen molar-refractivity contribution in [2.45, 2.75) is 33.2 Å². The molecule has 1 unspecified atom stereocenters. The minimum atomic E-state index is 0.386. The average molecular weight is 257 g/mol. The molecular weight excluding hydrogens is 234 g/mol. The van der Waals surface area contributed by atoms with E-state index < -0.39 is 0 Å². The molecule has 0 fully saturated rings. The van der Waals surface area contributed by atoms with Crippen molar-refractivity contribution in [3.8, 4) is 0 Å². The Bertz CT molecular complexity index is 543. The van der Waals surface area contributed by atoms with E-state index in [0.717, 1.165) is 13.0 Å². The summed E-state index contributed by atoms with van der Waals surface area (Å²) in [6.45, 7) is 7.57. The van der Waals surface area contributed by atoms with Gasteiger partial charge in [0.05, 0.1) is 6.20 Å². The molecule has 0 aliphatic heterocycles. The van der Waals surface area contributed by atoms with Gasteiger partial charge in [-0.15, -0.1) is 0 Å². The smallest absolute Gasteiger partial charge is 0.0522 e. The number of aryl methyl sites for hydroxylation is 2. The van der Waals surface area contributed by atoms with Gasteiger partial charge in [0.25, 0.3) is 0 Å². The number of benzene rings is 1. The van der Waals surface area contributed by atoms with Crippen LogP contribution >= 0.6 is 0 Å². The second-order valence-electron chi connectivity index (χ2n) is 5.24. The summed E-state index contributed by atoms with van der Waals surface area (Å²) in [5.41, 5.74) is 5.43. The quantitative estimate of drug-likeness (QED) is 0.892. The number of aromatic nitrogens is 2. The van der Waals surface area contributed by atoms with Gasteiger partial charge in [0.1, 0.15) is 0 Å². The molecule has 0 amide bonds. The molecule has 3 nitrogen and oxygen atoms in total. The van der Waals surface area contributed by atoms with Crippen LogP contribution in [0.15, 0.2) is 30.6 Å². The van der Waals surface area contributed by atoms with Crippen LogP contribution in [0, 0.1) is 13.8 Å². The SMILES string of the molecule is Cc1cccc(C(C)NCCc2cnn(C)c2)c1C.